The zero-order chi connectivity index (χ0) is 13.4. The van der Waals surface area contributed by atoms with Gasteiger partial charge in [0, 0.05) is 18.4 Å². The highest BCUT2D eigenvalue weighted by atomic mass is 19.1. The van der Waals surface area contributed by atoms with Crippen LogP contribution in [0.3, 0.4) is 0 Å². The molecule has 0 unspecified atom stereocenters. The lowest BCUT2D eigenvalue weighted by molar-refractivity contribution is 0.628. The lowest BCUT2D eigenvalue weighted by atomic mass is 10.2. The molecule has 0 bridgehead atoms. The maximum absolute atomic E-state index is 14.0. The van der Waals surface area contributed by atoms with Crippen molar-refractivity contribution >= 4 is 16.9 Å². The Bertz CT molecular complexity index is 748. The third-order valence-electron chi connectivity index (χ3n) is 3.05. The highest BCUT2D eigenvalue weighted by molar-refractivity contribution is 5.77. The Morgan fingerprint density at radius 2 is 2.16 bits per heavy atom. The standard InChI is InChI=1S/C14H13FN4/c1-2-19-13(10-8-9(16)5-6-11(10)15)18-12-4-3-7-17-14(12)19/h3-8H,2,16H2,1H3. The predicted molar refractivity (Wildman–Crippen MR) is 73.0 cm³/mol. The summed E-state index contributed by atoms with van der Waals surface area (Å²) in [5, 5.41) is 0. The first kappa shape index (κ1) is 11.6. The van der Waals surface area contributed by atoms with E-state index in [0.29, 0.717) is 23.6 Å². The van der Waals surface area contributed by atoms with Gasteiger partial charge in [-0.25, -0.2) is 14.4 Å². The second-order valence-electron chi connectivity index (χ2n) is 4.27. The summed E-state index contributed by atoms with van der Waals surface area (Å²) in [7, 11) is 0. The average Bonchev–Trinajstić information content (AvgIpc) is 2.79. The van der Waals surface area contributed by atoms with Crippen molar-refractivity contribution in [2.24, 2.45) is 0 Å². The van der Waals surface area contributed by atoms with Crippen molar-refractivity contribution in [3.05, 3.63) is 42.3 Å². The van der Waals surface area contributed by atoms with E-state index in [2.05, 4.69) is 9.97 Å². The molecule has 96 valence electrons. The quantitative estimate of drug-likeness (QED) is 0.717. The van der Waals surface area contributed by atoms with Gasteiger partial charge in [-0.2, -0.15) is 0 Å². The van der Waals surface area contributed by atoms with Gasteiger partial charge < -0.3 is 10.3 Å². The second-order valence-corrected chi connectivity index (χ2v) is 4.27. The number of rotatable bonds is 2. The number of imidazole rings is 1. The number of nitrogens with two attached hydrogens (primary N) is 1. The Labute approximate surface area is 109 Å². The number of benzene rings is 1. The Hall–Kier alpha value is -2.43. The number of halogens is 1. The van der Waals surface area contributed by atoms with E-state index < -0.39 is 0 Å². The van der Waals surface area contributed by atoms with Gasteiger partial charge in [-0.05, 0) is 37.3 Å². The predicted octanol–water partition coefficient (Wildman–Crippen LogP) is 2.84. The molecule has 3 aromatic rings. The minimum absolute atomic E-state index is 0.334. The van der Waals surface area contributed by atoms with Gasteiger partial charge >= 0.3 is 0 Å². The largest absolute Gasteiger partial charge is 0.399 e. The minimum atomic E-state index is -0.334. The summed E-state index contributed by atoms with van der Waals surface area (Å²) < 4.78 is 15.9. The van der Waals surface area contributed by atoms with E-state index in [1.807, 2.05) is 23.6 Å². The Morgan fingerprint density at radius 3 is 2.95 bits per heavy atom. The van der Waals surface area contributed by atoms with E-state index in [1.54, 1.807) is 12.3 Å². The Balaban J connectivity index is 2.33. The summed E-state index contributed by atoms with van der Waals surface area (Å²) in [6.07, 6.45) is 1.70. The van der Waals surface area contributed by atoms with Crippen molar-refractivity contribution < 1.29 is 4.39 Å². The molecule has 0 spiro atoms. The highest BCUT2D eigenvalue weighted by Gasteiger charge is 2.15. The molecule has 0 aliphatic rings. The van der Waals surface area contributed by atoms with E-state index >= 15 is 0 Å². The van der Waals surface area contributed by atoms with Crippen molar-refractivity contribution in [3.63, 3.8) is 0 Å². The maximum atomic E-state index is 14.0. The molecule has 2 heterocycles. The Morgan fingerprint density at radius 1 is 1.32 bits per heavy atom. The van der Waals surface area contributed by atoms with Crippen LogP contribution in [-0.2, 0) is 6.54 Å². The zero-order valence-electron chi connectivity index (χ0n) is 10.5. The molecule has 0 saturated heterocycles. The van der Waals surface area contributed by atoms with Gasteiger partial charge in [0.1, 0.15) is 17.2 Å². The van der Waals surface area contributed by atoms with Gasteiger partial charge in [0.25, 0.3) is 0 Å². The van der Waals surface area contributed by atoms with Gasteiger partial charge in [-0.1, -0.05) is 0 Å². The van der Waals surface area contributed by atoms with Gasteiger partial charge in [-0.15, -0.1) is 0 Å². The fourth-order valence-corrected chi connectivity index (χ4v) is 2.18. The van der Waals surface area contributed by atoms with Crippen molar-refractivity contribution in [1.82, 2.24) is 14.5 Å². The van der Waals surface area contributed by atoms with E-state index in [-0.39, 0.29) is 5.82 Å². The fourth-order valence-electron chi connectivity index (χ4n) is 2.18. The molecule has 2 N–H and O–H groups in total. The molecule has 3 rings (SSSR count). The van der Waals surface area contributed by atoms with Crippen molar-refractivity contribution in [1.29, 1.82) is 0 Å². The third kappa shape index (κ3) is 1.83. The van der Waals surface area contributed by atoms with E-state index in [1.165, 1.54) is 12.1 Å². The number of hydrogen-bond acceptors (Lipinski definition) is 3. The number of anilines is 1. The molecule has 0 amide bonds. The number of aryl methyl sites for hydroxylation is 1. The number of pyridine rings is 1. The fraction of sp³-hybridized carbons (Fsp3) is 0.143. The molecule has 19 heavy (non-hydrogen) atoms. The molecule has 2 aromatic heterocycles. The average molecular weight is 256 g/mol. The van der Waals surface area contributed by atoms with Crippen LogP contribution in [0.5, 0.6) is 0 Å². The molecule has 0 aliphatic carbocycles. The maximum Gasteiger partial charge on any atom is 0.160 e. The van der Waals surface area contributed by atoms with Crippen LogP contribution in [0.4, 0.5) is 10.1 Å². The van der Waals surface area contributed by atoms with Crippen LogP contribution in [0, 0.1) is 5.82 Å². The van der Waals surface area contributed by atoms with Crippen molar-refractivity contribution in [2.45, 2.75) is 13.5 Å². The molecular weight excluding hydrogens is 243 g/mol. The van der Waals surface area contributed by atoms with Crippen LogP contribution in [0.15, 0.2) is 36.5 Å². The summed E-state index contributed by atoms with van der Waals surface area (Å²) in [5.74, 6) is 0.222. The molecule has 1 aromatic carbocycles. The van der Waals surface area contributed by atoms with Gasteiger partial charge in [0.15, 0.2) is 5.65 Å². The monoisotopic (exact) mass is 256 g/mol. The number of aromatic nitrogens is 3. The van der Waals surface area contributed by atoms with Crippen LogP contribution >= 0.6 is 0 Å². The first-order chi connectivity index (χ1) is 9.20. The highest BCUT2D eigenvalue weighted by Crippen LogP contribution is 2.27. The Kier molecular flexibility index (Phi) is 2.67. The summed E-state index contributed by atoms with van der Waals surface area (Å²) in [6.45, 7) is 2.64. The van der Waals surface area contributed by atoms with Crippen LogP contribution in [-0.4, -0.2) is 14.5 Å². The minimum Gasteiger partial charge on any atom is -0.399 e. The van der Waals surface area contributed by atoms with Crippen molar-refractivity contribution in [2.75, 3.05) is 5.73 Å². The second kappa shape index (κ2) is 4.35. The lowest BCUT2D eigenvalue weighted by Crippen LogP contribution is -2.00. The van der Waals surface area contributed by atoms with E-state index in [9.17, 15) is 4.39 Å². The molecule has 0 saturated carbocycles. The molecule has 0 fully saturated rings. The van der Waals surface area contributed by atoms with Crippen LogP contribution < -0.4 is 5.73 Å². The summed E-state index contributed by atoms with van der Waals surface area (Å²) in [5.41, 5.74) is 8.15. The molecule has 0 radical (unpaired) electrons. The molecular formula is C14H13FN4. The zero-order valence-corrected chi connectivity index (χ0v) is 10.5. The summed E-state index contributed by atoms with van der Waals surface area (Å²) in [6, 6.07) is 8.17. The third-order valence-corrected chi connectivity index (χ3v) is 3.05. The summed E-state index contributed by atoms with van der Waals surface area (Å²) >= 11 is 0. The lowest BCUT2D eigenvalue weighted by Gasteiger charge is -2.07. The van der Waals surface area contributed by atoms with E-state index in [4.69, 9.17) is 5.73 Å². The number of nitrogen functional groups attached to an aromatic ring is 1. The normalized spacial score (nSPS) is 11.1. The molecule has 0 aliphatic heterocycles. The van der Waals surface area contributed by atoms with Gasteiger partial charge in [-0.3, -0.25) is 0 Å². The smallest absolute Gasteiger partial charge is 0.160 e. The van der Waals surface area contributed by atoms with Crippen LogP contribution in [0.2, 0.25) is 0 Å². The first-order valence-corrected chi connectivity index (χ1v) is 6.07. The topological polar surface area (TPSA) is 56.7 Å². The number of hydrogen-bond donors (Lipinski definition) is 1. The van der Waals surface area contributed by atoms with Crippen molar-refractivity contribution in [3.8, 4) is 11.4 Å². The van der Waals surface area contributed by atoms with Gasteiger partial charge in [0.05, 0.1) is 5.56 Å². The van der Waals surface area contributed by atoms with Crippen LogP contribution in [0.25, 0.3) is 22.6 Å². The number of fused-ring (bicyclic) bond motifs is 1. The SMILES string of the molecule is CCn1c(-c2cc(N)ccc2F)nc2cccnc21. The van der Waals surface area contributed by atoms with Crippen LogP contribution in [0.1, 0.15) is 6.92 Å². The summed E-state index contributed by atoms with van der Waals surface area (Å²) in [4.78, 5) is 8.76. The molecule has 5 heteroatoms. The first-order valence-electron chi connectivity index (χ1n) is 6.07. The van der Waals surface area contributed by atoms with E-state index in [0.717, 1.165) is 11.2 Å². The molecule has 0 atom stereocenters. The molecule has 4 nitrogen and oxygen atoms in total. The van der Waals surface area contributed by atoms with Gasteiger partial charge in [0.2, 0.25) is 0 Å². The number of nitrogens with zero attached hydrogens (tertiary/aromatic N) is 3.